The summed E-state index contributed by atoms with van der Waals surface area (Å²) in [4.78, 5) is 19.7. The second kappa shape index (κ2) is 6.14. The van der Waals surface area contributed by atoms with E-state index in [4.69, 9.17) is 17.3 Å². The minimum Gasteiger partial charge on any atom is -0.384 e. The van der Waals surface area contributed by atoms with Gasteiger partial charge in [-0.3, -0.25) is 9.89 Å². The lowest BCUT2D eigenvalue weighted by Gasteiger charge is -2.06. The number of nitrogen functional groups attached to an aromatic ring is 1. The minimum atomic E-state index is -0.267. The molecule has 0 bridgehead atoms. The Morgan fingerprint density at radius 1 is 1.47 bits per heavy atom. The van der Waals surface area contributed by atoms with Gasteiger partial charge in [0.1, 0.15) is 18.0 Å². The van der Waals surface area contributed by atoms with Crippen LogP contribution in [0.15, 0.2) is 18.6 Å². The summed E-state index contributed by atoms with van der Waals surface area (Å²) in [5, 5.41) is 9.54. The molecule has 0 aliphatic rings. The van der Waals surface area contributed by atoms with E-state index in [9.17, 15) is 4.79 Å². The Balaban J connectivity index is 1.82. The highest BCUT2D eigenvalue weighted by atomic mass is 35.5. The van der Waals surface area contributed by atoms with Crippen LogP contribution in [0.5, 0.6) is 0 Å². The average Bonchev–Trinajstić information content (AvgIpc) is 2.90. The van der Waals surface area contributed by atoms with Gasteiger partial charge >= 0.3 is 0 Å². The molecule has 2 heterocycles. The molecule has 2 rings (SSSR count). The maximum absolute atomic E-state index is 11.9. The molecule has 0 aliphatic carbocycles. The number of anilines is 1. The summed E-state index contributed by atoms with van der Waals surface area (Å²) >= 11 is 5.88. The Kier molecular flexibility index (Phi) is 4.30. The fourth-order valence-electron chi connectivity index (χ4n) is 1.53. The van der Waals surface area contributed by atoms with Crippen molar-refractivity contribution >= 4 is 23.3 Å². The molecule has 0 spiro atoms. The smallest absolute Gasteiger partial charge is 0.252 e. The van der Waals surface area contributed by atoms with E-state index >= 15 is 0 Å². The molecule has 0 saturated carbocycles. The van der Waals surface area contributed by atoms with Crippen LogP contribution < -0.4 is 11.1 Å². The number of aromatic amines is 1. The Labute approximate surface area is 114 Å². The lowest BCUT2D eigenvalue weighted by Crippen LogP contribution is -2.25. The molecule has 0 fully saturated rings. The van der Waals surface area contributed by atoms with Gasteiger partial charge in [-0.2, -0.15) is 5.10 Å². The van der Waals surface area contributed by atoms with Crippen LogP contribution >= 0.6 is 11.6 Å². The molecule has 2 aromatic rings. The van der Waals surface area contributed by atoms with E-state index < -0.39 is 0 Å². The fourth-order valence-corrected chi connectivity index (χ4v) is 1.72. The molecule has 0 saturated heterocycles. The van der Waals surface area contributed by atoms with Crippen LogP contribution in [-0.4, -0.2) is 32.6 Å². The average molecular weight is 281 g/mol. The van der Waals surface area contributed by atoms with E-state index in [-0.39, 0.29) is 16.7 Å². The van der Waals surface area contributed by atoms with Crippen LogP contribution in [0.2, 0.25) is 5.02 Å². The Bertz CT molecular complexity index is 556. The van der Waals surface area contributed by atoms with Gasteiger partial charge in [-0.1, -0.05) is 11.6 Å². The molecular formula is C11H13ClN6O. The molecule has 0 aliphatic heterocycles. The number of aryl methyl sites for hydroxylation is 1. The van der Waals surface area contributed by atoms with Crippen molar-refractivity contribution in [3.63, 3.8) is 0 Å². The summed E-state index contributed by atoms with van der Waals surface area (Å²) in [6.45, 7) is 0.512. The number of hydrogen-bond donors (Lipinski definition) is 3. The quantitative estimate of drug-likeness (QED) is 0.702. The van der Waals surface area contributed by atoms with Gasteiger partial charge in [0.05, 0.1) is 10.6 Å². The van der Waals surface area contributed by atoms with Crippen molar-refractivity contribution in [1.82, 2.24) is 25.5 Å². The van der Waals surface area contributed by atoms with Gasteiger partial charge in [0.2, 0.25) is 0 Å². The van der Waals surface area contributed by atoms with Crippen LogP contribution in [0.3, 0.4) is 0 Å². The van der Waals surface area contributed by atoms with Crippen LogP contribution in [0.25, 0.3) is 0 Å². The normalized spacial score (nSPS) is 10.4. The lowest BCUT2D eigenvalue weighted by atomic mass is 10.2. The predicted octanol–water partition coefficient (Wildman–Crippen LogP) is 0.798. The first-order chi connectivity index (χ1) is 9.16. The monoisotopic (exact) mass is 280 g/mol. The molecule has 0 unspecified atom stereocenters. The largest absolute Gasteiger partial charge is 0.384 e. The van der Waals surface area contributed by atoms with Crippen molar-refractivity contribution in [3.8, 4) is 0 Å². The van der Waals surface area contributed by atoms with E-state index in [1.165, 1.54) is 18.6 Å². The second-order valence-electron chi connectivity index (χ2n) is 3.88. The van der Waals surface area contributed by atoms with Gasteiger partial charge in [0.25, 0.3) is 5.91 Å². The minimum absolute atomic E-state index is 0.260. The molecule has 0 atom stereocenters. The van der Waals surface area contributed by atoms with E-state index in [2.05, 4.69) is 25.5 Å². The number of nitrogens with two attached hydrogens (primary N) is 1. The van der Waals surface area contributed by atoms with E-state index in [1.54, 1.807) is 0 Å². The first kappa shape index (κ1) is 13.3. The predicted molar refractivity (Wildman–Crippen MR) is 70.7 cm³/mol. The number of H-pyrrole nitrogens is 1. The summed E-state index contributed by atoms with van der Waals surface area (Å²) in [6.07, 6.45) is 4.28. The molecule has 0 aromatic carbocycles. The Morgan fingerprint density at radius 3 is 3.05 bits per heavy atom. The van der Waals surface area contributed by atoms with E-state index in [0.29, 0.717) is 18.5 Å². The van der Waals surface area contributed by atoms with Crippen molar-refractivity contribution in [1.29, 1.82) is 0 Å². The third-order valence-corrected chi connectivity index (χ3v) is 2.76. The highest BCUT2D eigenvalue weighted by Crippen LogP contribution is 2.16. The van der Waals surface area contributed by atoms with Crippen LogP contribution in [-0.2, 0) is 6.42 Å². The number of amides is 1. The molecule has 19 heavy (non-hydrogen) atoms. The van der Waals surface area contributed by atoms with Crippen LogP contribution in [0, 0.1) is 0 Å². The van der Waals surface area contributed by atoms with Crippen molar-refractivity contribution < 1.29 is 4.79 Å². The summed E-state index contributed by atoms with van der Waals surface area (Å²) in [7, 11) is 0. The van der Waals surface area contributed by atoms with Crippen molar-refractivity contribution in [2.45, 2.75) is 12.8 Å². The highest BCUT2D eigenvalue weighted by Gasteiger charge is 2.10. The van der Waals surface area contributed by atoms with Gasteiger partial charge in [-0.25, -0.2) is 9.97 Å². The standard InChI is InChI=1S/C11H13ClN6O/c12-8-5-15-9(13)4-7(8)11(19)14-3-1-2-10-16-6-17-18-10/h4-6H,1-3H2,(H2,13,15)(H,14,19)(H,16,17,18). The van der Waals surface area contributed by atoms with Crippen molar-refractivity contribution in [3.05, 3.63) is 35.0 Å². The van der Waals surface area contributed by atoms with Crippen molar-refractivity contribution in [2.24, 2.45) is 0 Å². The molecule has 4 N–H and O–H groups in total. The second-order valence-corrected chi connectivity index (χ2v) is 4.29. The van der Waals surface area contributed by atoms with Gasteiger partial charge in [-0.15, -0.1) is 0 Å². The number of rotatable bonds is 5. The summed E-state index contributed by atoms with van der Waals surface area (Å²) < 4.78 is 0. The fraction of sp³-hybridized carbons (Fsp3) is 0.273. The molecule has 100 valence electrons. The number of halogens is 1. The molecule has 8 heteroatoms. The maximum Gasteiger partial charge on any atom is 0.252 e. The summed E-state index contributed by atoms with van der Waals surface area (Å²) in [6, 6.07) is 1.45. The van der Waals surface area contributed by atoms with Gasteiger partial charge in [0.15, 0.2) is 0 Å². The molecule has 2 aromatic heterocycles. The van der Waals surface area contributed by atoms with E-state index in [1.807, 2.05) is 0 Å². The number of aromatic nitrogens is 4. The Morgan fingerprint density at radius 2 is 2.32 bits per heavy atom. The van der Waals surface area contributed by atoms with Gasteiger partial charge in [0, 0.05) is 19.2 Å². The SMILES string of the molecule is Nc1cc(C(=O)NCCCc2ncn[nH]2)c(Cl)cn1. The molecule has 1 amide bonds. The van der Waals surface area contributed by atoms with Crippen LogP contribution in [0.4, 0.5) is 5.82 Å². The van der Waals surface area contributed by atoms with Crippen LogP contribution in [0.1, 0.15) is 22.6 Å². The maximum atomic E-state index is 11.9. The van der Waals surface area contributed by atoms with E-state index in [0.717, 1.165) is 12.2 Å². The number of hydrogen-bond acceptors (Lipinski definition) is 5. The molecular weight excluding hydrogens is 268 g/mol. The third-order valence-electron chi connectivity index (χ3n) is 2.46. The molecule has 0 radical (unpaired) electrons. The number of nitrogens with one attached hydrogen (secondary N) is 2. The van der Waals surface area contributed by atoms with Gasteiger partial charge in [-0.05, 0) is 12.5 Å². The highest BCUT2D eigenvalue weighted by molar-refractivity contribution is 6.33. The zero-order chi connectivity index (χ0) is 13.7. The summed E-state index contributed by atoms with van der Waals surface area (Å²) in [5.74, 6) is 0.785. The zero-order valence-electron chi connectivity index (χ0n) is 10.1. The Hall–Kier alpha value is -2.15. The third kappa shape index (κ3) is 3.65. The number of carbonyl (C=O) groups excluding carboxylic acids is 1. The lowest BCUT2D eigenvalue weighted by molar-refractivity contribution is 0.0953. The zero-order valence-corrected chi connectivity index (χ0v) is 10.8. The number of nitrogens with zero attached hydrogens (tertiary/aromatic N) is 3. The number of pyridine rings is 1. The summed E-state index contributed by atoms with van der Waals surface area (Å²) in [5.41, 5.74) is 5.84. The van der Waals surface area contributed by atoms with Crippen molar-refractivity contribution in [2.75, 3.05) is 12.3 Å². The van der Waals surface area contributed by atoms with Gasteiger partial charge < -0.3 is 11.1 Å². The molecule has 7 nitrogen and oxygen atoms in total. The number of carbonyl (C=O) groups is 1. The first-order valence-electron chi connectivity index (χ1n) is 5.70. The first-order valence-corrected chi connectivity index (χ1v) is 6.08. The topological polar surface area (TPSA) is 110 Å².